The highest BCUT2D eigenvalue weighted by molar-refractivity contribution is 6.32. The molecule has 12 heteroatoms. The average molecular weight is 578 g/mol. The summed E-state index contributed by atoms with van der Waals surface area (Å²) >= 11 is 6.69. The zero-order valence-corrected chi connectivity index (χ0v) is 23.0. The van der Waals surface area contributed by atoms with Crippen molar-refractivity contribution in [2.24, 2.45) is 13.0 Å². The van der Waals surface area contributed by atoms with Crippen LogP contribution in [0.3, 0.4) is 0 Å². The fourth-order valence-electron chi connectivity index (χ4n) is 6.34. The van der Waals surface area contributed by atoms with Crippen molar-refractivity contribution in [3.63, 3.8) is 0 Å². The third kappa shape index (κ3) is 4.87. The molecule has 2 unspecified atom stereocenters. The van der Waals surface area contributed by atoms with Crippen LogP contribution in [0.15, 0.2) is 30.6 Å². The van der Waals surface area contributed by atoms with Gasteiger partial charge in [-0.2, -0.15) is 18.3 Å². The van der Waals surface area contributed by atoms with E-state index < -0.39 is 29.8 Å². The number of piperidine rings is 1. The number of rotatable bonds is 5. The molecule has 214 valence electrons. The van der Waals surface area contributed by atoms with E-state index in [1.165, 1.54) is 13.2 Å². The van der Waals surface area contributed by atoms with E-state index in [0.717, 1.165) is 46.9 Å². The molecule has 1 aliphatic carbocycles. The Balaban J connectivity index is 1.15. The second-order valence-corrected chi connectivity index (χ2v) is 11.9. The molecule has 2 saturated heterocycles. The molecule has 6 rings (SSSR count). The fraction of sp³-hybridized carbons (Fsp3) is 0.536. The van der Waals surface area contributed by atoms with Crippen molar-refractivity contribution in [3.05, 3.63) is 52.4 Å². The van der Waals surface area contributed by atoms with E-state index in [-0.39, 0.29) is 22.9 Å². The Kier molecular flexibility index (Phi) is 6.84. The van der Waals surface area contributed by atoms with Gasteiger partial charge in [-0.3, -0.25) is 14.4 Å². The molecule has 0 bridgehead atoms. The number of nitrogens with one attached hydrogen (secondary N) is 1. The van der Waals surface area contributed by atoms with Crippen LogP contribution in [0.25, 0.3) is 10.8 Å². The zero-order valence-electron chi connectivity index (χ0n) is 22.2. The SMILES string of the molecule is Cn1ncc(C2CC2C(=O)Nc2cc3cc(C4CCN([C@@]5(C)COC[C@H]5O)CC4)c(Cl)cc3cn2)c1C(F)(F)F. The zero-order chi connectivity index (χ0) is 28.4. The van der Waals surface area contributed by atoms with Gasteiger partial charge in [-0.15, -0.1) is 0 Å². The molecule has 0 radical (unpaired) electrons. The number of anilines is 1. The Morgan fingerprint density at radius 1 is 1.18 bits per heavy atom. The number of pyridine rings is 1. The summed E-state index contributed by atoms with van der Waals surface area (Å²) in [6.07, 6.45) is -0.0952. The number of likely N-dealkylation sites (tertiary alicyclic amines) is 1. The minimum atomic E-state index is -4.54. The van der Waals surface area contributed by atoms with Crippen LogP contribution < -0.4 is 5.32 Å². The number of hydrogen-bond donors (Lipinski definition) is 2. The van der Waals surface area contributed by atoms with E-state index >= 15 is 0 Å². The third-order valence-corrected chi connectivity index (χ3v) is 9.22. The van der Waals surface area contributed by atoms with Gasteiger partial charge in [-0.25, -0.2) is 4.98 Å². The molecule has 3 fully saturated rings. The average Bonchev–Trinajstić information content (AvgIpc) is 3.50. The molecule has 3 aliphatic rings. The van der Waals surface area contributed by atoms with Gasteiger partial charge < -0.3 is 15.2 Å². The molecule has 2 aromatic heterocycles. The summed E-state index contributed by atoms with van der Waals surface area (Å²) in [5.41, 5.74) is -0.100. The molecule has 1 amide bonds. The number of nitrogens with zero attached hydrogens (tertiary/aromatic N) is 4. The van der Waals surface area contributed by atoms with Crippen LogP contribution in [0.5, 0.6) is 0 Å². The number of carbonyl (C=O) groups is 1. The third-order valence-electron chi connectivity index (χ3n) is 8.90. The smallest absolute Gasteiger partial charge is 0.389 e. The Labute approximate surface area is 234 Å². The number of alkyl halides is 3. The maximum atomic E-state index is 13.5. The molecule has 2 aliphatic heterocycles. The molecule has 2 N–H and O–H groups in total. The number of benzene rings is 1. The van der Waals surface area contributed by atoms with Gasteiger partial charge in [0.05, 0.1) is 31.1 Å². The quantitative estimate of drug-likeness (QED) is 0.456. The summed E-state index contributed by atoms with van der Waals surface area (Å²) in [6, 6.07) is 5.69. The Morgan fingerprint density at radius 3 is 2.60 bits per heavy atom. The number of halogens is 4. The molecule has 4 atom stereocenters. The second kappa shape index (κ2) is 9.97. The Bertz CT molecular complexity index is 1450. The molecule has 3 aromatic rings. The van der Waals surface area contributed by atoms with Crippen LogP contribution in [0.4, 0.5) is 19.0 Å². The number of ether oxygens (including phenoxy) is 1. The molecular formula is C28H31ClF3N5O3. The maximum Gasteiger partial charge on any atom is 0.433 e. The van der Waals surface area contributed by atoms with Crippen molar-refractivity contribution in [1.29, 1.82) is 0 Å². The van der Waals surface area contributed by atoms with Crippen molar-refractivity contribution < 1.29 is 27.8 Å². The number of aryl methyl sites for hydroxylation is 1. The molecule has 1 saturated carbocycles. The normalized spacial score (nSPS) is 27.8. The van der Waals surface area contributed by atoms with Gasteiger partial charge in [-0.05, 0) is 80.3 Å². The van der Waals surface area contributed by atoms with Gasteiger partial charge in [0, 0.05) is 35.1 Å². The standard InChI is InChI=1S/C28H31ClF3N5O3/c1-27(14-40-13-23(27)38)37-5-3-15(4-6-37)18-7-16-9-24(33-11-17(16)8-22(18)29)35-26(39)20-10-19(20)21-12-34-36(2)25(21)28(30,31)32/h7-9,11-12,15,19-20,23,38H,3-6,10,13-14H2,1-2H3,(H,33,35,39)/t19?,20?,23-,27+/m1/s1. The highest BCUT2D eigenvalue weighted by Crippen LogP contribution is 2.51. The first-order valence-electron chi connectivity index (χ1n) is 13.5. The number of amides is 1. The van der Waals surface area contributed by atoms with Crippen LogP contribution in [0, 0.1) is 5.92 Å². The lowest BCUT2D eigenvalue weighted by atomic mass is 9.85. The summed E-state index contributed by atoms with van der Waals surface area (Å²) in [4.78, 5) is 19.6. The van der Waals surface area contributed by atoms with Crippen molar-refractivity contribution in [2.45, 2.75) is 55.8 Å². The monoisotopic (exact) mass is 577 g/mol. The van der Waals surface area contributed by atoms with Gasteiger partial charge in [0.15, 0.2) is 0 Å². The van der Waals surface area contributed by atoms with Crippen LogP contribution in [0.2, 0.25) is 5.02 Å². The van der Waals surface area contributed by atoms with Gasteiger partial charge in [0.1, 0.15) is 11.5 Å². The number of fused-ring (bicyclic) bond motifs is 1. The number of aliphatic hydroxyl groups is 1. The summed E-state index contributed by atoms with van der Waals surface area (Å²) in [5, 5.41) is 19.3. The highest BCUT2D eigenvalue weighted by Gasteiger charge is 2.50. The topological polar surface area (TPSA) is 92.5 Å². The number of aromatic nitrogens is 3. The van der Waals surface area contributed by atoms with Crippen molar-refractivity contribution >= 4 is 34.1 Å². The molecular weight excluding hydrogens is 547 g/mol. The van der Waals surface area contributed by atoms with Crippen molar-refractivity contribution in [1.82, 2.24) is 19.7 Å². The Morgan fingerprint density at radius 2 is 1.93 bits per heavy atom. The van der Waals surface area contributed by atoms with E-state index in [0.29, 0.717) is 30.5 Å². The minimum absolute atomic E-state index is 0.0518. The van der Waals surface area contributed by atoms with Crippen LogP contribution in [0.1, 0.15) is 54.8 Å². The maximum absolute atomic E-state index is 13.5. The van der Waals surface area contributed by atoms with Crippen LogP contribution in [-0.2, 0) is 22.8 Å². The molecule has 40 heavy (non-hydrogen) atoms. The first kappa shape index (κ1) is 27.4. The van der Waals surface area contributed by atoms with Crippen LogP contribution in [-0.4, -0.2) is 68.6 Å². The lowest BCUT2D eigenvalue weighted by molar-refractivity contribution is -0.144. The lowest BCUT2D eigenvalue weighted by Crippen LogP contribution is -2.56. The predicted octanol–water partition coefficient (Wildman–Crippen LogP) is 4.71. The second-order valence-electron chi connectivity index (χ2n) is 11.4. The van der Waals surface area contributed by atoms with Gasteiger partial charge in [0.25, 0.3) is 0 Å². The Hall–Kier alpha value is -2.73. The first-order chi connectivity index (χ1) is 19.0. The molecule has 0 spiro atoms. The van der Waals surface area contributed by atoms with E-state index in [9.17, 15) is 23.1 Å². The lowest BCUT2D eigenvalue weighted by Gasteiger charge is -2.43. The summed E-state index contributed by atoms with van der Waals surface area (Å²) in [7, 11) is 1.25. The van der Waals surface area contributed by atoms with E-state index in [2.05, 4.69) is 20.3 Å². The summed E-state index contributed by atoms with van der Waals surface area (Å²) in [6.45, 7) is 4.57. The molecule has 1 aromatic carbocycles. The van der Waals surface area contributed by atoms with E-state index in [4.69, 9.17) is 16.3 Å². The van der Waals surface area contributed by atoms with Gasteiger partial charge >= 0.3 is 6.18 Å². The van der Waals surface area contributed by atoms with E-state index in [1.54, 1.807) is 12.3 Å². The highest BCUT2D eigenvalue weighted by atomic mass is 35.5. The first-order valence-corrected chi connectivity index (χ1v) is 13.8. The number of aliphatic hydroxyl groups excluding tert-OH is 1. The summed E-state index contributed by atoms with van der Waals surface area (Å²) < 4.78 is 46.7. The summed E-state index contributed by atoms with van der Waals surface area (Å²) in [5.74, 6) is -0.865. The fourth-order valence-corrected chi connectivity index (χ4v) is 6.67. The molecule has 8 nitrogen and oxygen atoms in total. The van der Waals surface area contributed by atoms with E-state index in [1.807, 2.05) is 19.1 Å². The number of hydrogen-bond acceptors (Lipinski definition) is 6. The predicted molar refractivity (Wildman–Crippen MR) is 143 cm³/mol. The molecule has 4 heterocycles. The van der Waals surface area contributed by atoms with Gasteiger partial charge in [-0.1, -0.05) is 11.6 Å². The minimum Gasteiger partial charge on any atom is -0.389 e. The largest absolute Gasteiger partial charge is 0.433 e. The number of carbonyl (C=O) groups excluding carboxylic acids is 1. The van der Waals surface area contributed by atoms with Crippen LogP contribution >= 0.6 is 11.6 Å². The van der Waals surface area contributed by atoms with Crippen molar-refractivity contribution in [2.75, 3.05) is 31.6 Å². The van der Waals surface area contributed by atoms with Crippen molar-refractivity contribution in [3.8, 4) is 0 Å². The van der Waals surface area contributed by atoms with Gasteiger partial charge in [0.2, 0.25) is 5.91 Å².